The highest BCUT2D eigenvalue weighted by Crippen LogP contribution is 2.35. The number of carbonyl (C=O) groups excluding carboxylic acids is 2. The Morgan fingerprint density at radius 3 is 2.62 bits per heavy atom. The molecule has 9 heteroatoms. The zero-order valence-electron chi connectivity index (χ0n) is 15.4. The van der Waals surface area contributed by atoms with E-state index in [0.717, 1.165) is 29.9 Å². The molecule has 0 aliphatic heterocycles. The lowest BCUT2D eigenvalue weighted by atomic mass is 10.1. The van der Waals surface area contributed by atoms with E-state index in [2.05, 4.69) is 19.9 Å². The highest BCUT2D eigenvalue weighted by atomic mass is 32.1. The molecule has 1 unspecified atom stereocenters. The Bertz CT molecular complexity index is 978. The highest BCUT2D eigenvalue weighted by Gasteiger charge is 2.42. The van der Waals surface area contributed by atoms with Crippen LogP contribution in [0.5, 0.6) is 0 Å². The Balaban J connectivity index is 1.61. The Labute approximate surface area is 170 Å². The van der Waals surface area contributed by atoms with Crippen LogP contribution in [0.2, 0.25) is 0 Å². The van der Waals surface area contributed by atoms with Crippen LogP contribution in [0.3, 0.4) is 0 Å². The Hall–Kier alpha value is -3.20. The van der Waals surface area contributed by atoms with Gasteiger partial charge in [-0.25, -0.2) is 4.39 Å². The molecule has 7 nitrogen and oxygen atoms in total. The highest BCUT2D eigenvalue weighted by molar-refractivity contribution is 7.03. The monoisotopic (exact) mass is 411 g/mol. The second kappa shape index (κ2) is 8.44. The second-order valence-corrected chi connectivity index (χ2v) is 7.34. The van der Waals surface area contributed by atoms with Crippen molar-refractivity contribution in [1.29, 1.82) is 0 Å². The molecule has 1 aliphatic carbocycles. The molecule has 1 atom stereocenters. The minimum atomic E-state index is -0.890. The van der Waals surface area contributed by atoms with E-state index in [4.69, 9.17) is 0 Å². The largest absolute Gasteiger partial charge is 0.350 e. The first-order chi connectivity index (χ1) is 14.1. The number of nitrogens with zero attached hydrogens (tertiary/aromatic N) is 4. The maximum Gasteiger partial charge on any atom is 0.276 e. The first-order valence-electron chi connectivity index (χ1n) is 9.16. The summed E-state index contributed by atoms with van der Waals surface area (Å²) in [5.41, 5.74) is 1.45. The van der Waals surface area contributed by atoms with Gasteiger partial charge in [-0.05, 0) is 54.2 Å². The average Bonchev–Trinajstić information content (AvgIpc) is 3.43. The summed E-state index contributed by atoms with van der Waals surface area (Å²) < 4.78 is 16.9. The molecule has 1 fully saturated rings. The lowest BCUT2D eigenvalue weighted by Gasteiger charge is -2.30. The van der Waals surface area contributed by atoms with E-state index in [1.807, 2.05) is 0 Å². The van der Waals surface area contributed by atoms with Gasteiger partial charge in [-0.3, -0.25) is 14.6 Å². The van der Waals surface area contributed by atoms with Crippen molar-refractivity contribution in [3.63, 3.8) is 0 Å². The van der Waals surface area contributed by atoms with E-state index in [1.165, 1.54) is 12.1 Å². The van der Waals surface area contributed by atoms with E-state index >= 15 is 0 Å². The topological polar surface area (TPSA) is 88.1 Å². The number of carbonyl (C=O) groups is 2. The number of halogens is 1. The minimum Gasteiger partial charge on any atom is -0.350 e. The van der Waals surface area contributed by atoms with Gasteiger partial charge < -0.3 is 10.2 Å². The normalized spacial score (nSPS) is 14.2. The molecule has 0 saturated heterocycles. The summed E-state index contributed by atoms with van der Waals surface area (Å²) in [6, 6.07) is 10.2. The molecule has 1 N–H and O–H groups in total. The van der Waals surface area contributed by atoms with Crippen LogP contribution >= 0.6 is 11.5 Å². The maximum absolute atomic E-state index is 13.2. The van der Waals surface area contributed by atoms with Crippen molar-refractivity contribution in [2.75, 3.05) is 0 Å². The molecule has 2 amide bonds. The molecule has 29 heavy (non-hydrogen) atoms. The summed E-state index contributed by atoms with van der Waals surface area (Å²) in [5.74, 6) is -1.03. The summed E-state index contributed by atoms with van der Waals surface area (Å²) >= 11 is 1.09. The van der Waals surface area contributed by atoms with Gasteiger partial charge in [0.25, 0.3) is 5.91 Å². The molecular formula is C20H18FN5O2S. The van der Waals surface area contributed by atoms with E-state index < -0.39 is 6.04 Å². The smallest absolute Gasteiger partial charge is 0.276 e. The van der Waals surface area contributed by atoms with Crippen LogP contribution in [0.25, 0.3) is 0 Å². The molecule has 2 aromatic heterocycles. The number of amides is 2. The lowest BCUT2D eigenvalue weighted by Crippen LogP contribution is -2.45. The van der Waals surface area contributed by atoms with Crippen molar-refractivity contribution in [2.24, 2.45) is 0 Å². The van der Waals surface area contributed by atoms with Crippen molar-refractivity contribution in [3.05, 3.63) is 76.8 Å². The van der Waals surface area contributed by atoms with Crippen LogP contribution in [-0.2, 0) is 11.3 Å². The number of aromatic nitrogens is 3. The van der Waals surface area contributed by atoms with E-state index in [1.54, 1.807) is 46.8 Å². The predicted molar refractivity (Wildman–Crippen MR) is 104 cm³/mol. The summed E-state index contributed by atoms with van der Waals surface area (Å²) in [5, 5.41) is 8.30. The molecule has 0 spiro atoms. The van der Waals surface area contributed by atoms with Crippen molar-refractivity contribution < 1.29 is 14.0 Å². The third kappa shape index (κ3) is 4.45. The fraction of sp³-hybridized carbons (Fsp3) is 0.250. The predicted octanol–water partition coefficient (Wildman–Crippen LogP) is 2.73. The molecule has 1 aliphatic rings. The van der Waals surface area contributed by atoms with Crippen LogP contribution in [-0.4, -0.2) is 37.3 Å². The average molecular weight is 411 g/mol. The number of rotatable bonds is 7. The van der Waals surface area contributed by atoms with Crippen LogP contribution in [0.4, 0.5) is 4.39 Å². The van der Waals surface area contributed by atoms with Gasteiger partial charge in [-0.2, -0.15) is 0 Å². The van der Waals surface area contributed by atoms with Crippen molar-refractivity contribution in [3.8, 4) is 0 Å². The lowest BCUT2D eigenvalue weighted by molar-refractivity contribution is -0.126. The number of hydrogen-bond donors (Lipinski definition) is 1. The number of benzene rings is 1. The van der Waals surface area contributed by atoms with Gasteiger partial charge >= 0.3 is 0 Å². The SMILES string of the molecule is O=C(NCc1ccc(F)cc1)C(c1ccccn1)N(C(=O)c1csnn1)C1CC1. The minimum absolute atomic E-state index is 0.0484. The third-order valence-corrected chi connectivity index (χ3v) is 5.13. The van der Waals surface area contributed by atoms with Crippen molar-refractivity contribution in [1.82, 2.24) is 24.8 Å². The van der Waals surface area contributed by atoms with E-state index in [0.29, 0.717) is 5.69 Å². The molecule has 3 aromatic rings. The summed E-state index contributed by atoms with van der Waals surface area (Å²) in [6.45, 7) is 0.216. The van der Waals surface area contributed by atoms with E-state index in [-0.39, 0.29) is 35.9 Å². The maximum atomic E-state index is 13.2. The van der Waals surface area contributed by atoms with E-state index in [9.17, 15) is 14.0 Å². The van der Waals surface area contributed by atoms with Gasteiger partial charge in [-0.1, -0.05) is 22.7 Å². The number of pyridine rings is 1. The van der Waals surface area contributed by atoms with Crippen LogP contribution in [0.15, 0.2) is 54.0 Å². The van der Waals surface area contributed by atoms with Gasteiger partial charge in [0.05, 0.1) is 5.69 Å². The Morgan fingerprint density at radius 2 is 2.00 bits per heavy atom. The van der Waals surface area contributed by atoms with Crippen molar-refractivity contribution >= 4 is 23.3 Å². The van der Waals surface area contributed by atoms with Gasteiger partial charge in [0.2, 0.25) is 5.91 Å². The Morgan fingerprint density at radius 1 is 1.21 bits per heavy atom. The van der Waals surface area contributed by atoms with Crippen LogP contribution in [0.1, 0.15) is 40.6 Å². The first-order valence-corrected chi connectivity index (χ1v) is 10.00. The molecule has 0 radical (unpaired) electrons. The molecule has 0 bridgehead atoms. The standard InChI is InChI=1S/C20H18FN5O2S/c21-14-6-4-13(5-7-14)11-23-19(27)18(16-3-1-2-10-22-16)26(15-8-9-15)20(28)17-12-29-25-24-17/h1-7,10,12,15,18H,8-9,11H2,(H,23,27). The van der Waals surface area contributed by atoms with Crippen molar-refractivity contribution in [2.45, 2.75) is 31.5 Å². The summed E-state index contributed by atoms with van der Waals surface area (Å²) in [6.07, 6.45) is 3.23. The number of hydrogen-bond acceptors (Lipinski definition) is 6. The van der Waals surface area contributed by atoms with Gasteiger partial charge in [0.15, 0.2) is 11.7 Å². The fourth-order valence-corrected chi connectivity index (χ4v) is 3.50. The first kappa shape index (κ1) is 19.1. The van der Waals surface area contributed by atoms with Crippen LogP contribution < -0.4 is 5.32 Å². The molecule has 1 aromatic carbocycles. The van der Waals surface area contributed by atoms with Gasteiger partial charge in [0, 0.05) is 24.2 Å². The summed E-state index contributed by atoms with van der Waals surface area (Å²) in [4.78, 5) is 32.2. The number of nitrogens with one attached hydrogen (secondary N) is 1. The molecule has 148 valence electrons. The van der Waals surface area contributed by atoms with Gasteiger partial charge in [-0.15, -0.1) is 5.10 Å². The summed E-state index contributed by atoms with van der Waals surface area (Å²) in [7, 11) is 0. The zero-order valence-corrected chi connectivity index (χ0v) is 16.2. The molecule has 4 rings (SSSR count). The van der Waals surface area contributed by atoms with Crippen LogP contribution in [0, 0.1) is 5.82 Å². The van der Waals surface area contributed by atoms with Gasteiger partial charge in [0.1, 0.15) is 5.82 Å². The third-order valence-electron chi connectivity index (χ3n) is 4.63. The molecule has 1 saturated carbocycles. The fourth-order valence-electron chi connectivity index (χ4n) is 3.07. The zero-order chi connectivity index (χ0) is 20.2. The molecular weight excluding hydrogens is 393 g/mol. The Kier molecular flexibility index (Phi) is 5.57. The molecule has 2 heterocycles. The quantitative estimate of drug-likeness (QED) is 0.646. The second-order valence-electron chi connectivity index (χ2n) is 6.74.